The molecule has 0 saturated carbocycles. The van der Waals surface area contributed by atoms with Gasteiger partial charge in [-0.1, -0.05) is 80.1 Å². The van der Waals surface area contributed by atoms with Crippen molar-refractivity contribution >= 4 is 39.5 Å². The minimum atomic E-state index is -5.41. The molecule has 0 bridgehead atoms. The summed E-state index contributed by atoms with van der Waals surface area (Å²) in [5.41, 5.74) is 0. The van der Waals surface area contributed by atoms with Crippen molar-refractivity contribution in [3.05, 3.63) is 0 Å². The fourth-order valence-corrected chi connectivity index (χ4v) is 5.59. The molecule has 0 heterocycles. The average molecular weight is 558 g/mol. The zero-order valence-corrected chi connectivity index (χ0v) is 22.2. The Morgan fingerprint density at radius 1 is 0.452 bits per heavy atom. The second-order valence-electron chi connectivity index (χ2n) is 8.17. The topological polar surface area (TPSA) is 0 Å². The molecular weight excluding hydrogens is 515 g/mol. The van der Waals surface area contributed by atoms with Gasteiger partial charge in [-0.15, -0.1) is 0 Å². The number of hydrogen-bond acceptors (Lipinski definition) is 2. The Morgan fingerprint density at radius 3 is 1.13 bits per heavy atom. The summed E-state index contributed by atoms with van der Waals surface area (Å²) in [4.78, 5) is 0. The molecule has 0 radical (unpaired) electrons. The first-order valence-electron chi connectivity index (χ1n) is 12.0. The molecule has 0 aromatic heterocycles. The molecule has 0 fully saturated rings. The van der Waals surface area contributed by atoms with Crippen molar-refractivity contribution in [1.82, 2.24) is 0 Å². The Kier molecular flexibility index (Phi) is 21.9. The number of alkyl halides is 6. The number of halogens is 6. The summed E-state index contributed by atoms with van der Waals surface area (Å²) < 4.78 is 61.6. The Morgan fingerprint density at radius 2 is 0.774 bits per heavy atom. The van der Waals surface area contributed by atoms with Gasteiger partial charge in [0.05, 0.1) is 0 Å². The Labute approximate surface area is 204 Å². The van der Waals surface area contributed by atoms with E-state index in [9.17, 15) is 22.0 Å². The van der Waals surface area contributed by atoms with Crippen molar-refractivity contribution in [2.45, 2.75) is 115 Å². The molecule has 0 spiro atoms. The van der Waals surface area contributed by atoms with Crippen LogP contribution in [0.5, 0.6) is 0 Å². The van der Waals surface area contributed by atoms with Crippen LogP contribution in [0, 0.1) is 0 Å². The second-order valence-corrected chi connectivity index (χ2v) is 11.4. The van der Waals surface area contributed by atoms with Crippen molar-refractivity contribution in [3.63, 3.8) is 0 Å². The lowest BCUT2D eigenvalue weighted by Gasteiger charge is -2.19. The van der Waals surface area contributed by atoms with Gasteiger partial charge in [-0.05, 0) is 55.1 Å². The van der Waals surface area contributed by atoms with Crippen molar-refractivity contribution in [1.29, 1.82) is 0 Å². The molecule has 0 atom stereocenters. The summed E-state index contributed by atoms with van der Waals surface area (Å²) >= 11 is 7.05. The van der Waals surface area contributed by atoms with E-state index in [0.717, 1.165) is 23.9 Å². The molecule has 0 amide bonds. The summed E-state index contributed by atoms with van der Waals surface area (Å²) in [6.07, 6.45) is 11.4. The van der Waals surface area contributed by atoms with Crippen LogP contribution in [0.2, 0.25) is 0 Å². The van der Waals surface area contributed by atoms with Crippen LogP contribution in [0.25, 0.3) is 0 Å². The van der Waals surface area contributed by atoms with Crippen LogP contribution in [0.1, 0.15) is 103 Å². The van der Waals surface area contributed by atoms with E-state index in [-0.39, 0.29) is 6.42 Å². The molecule has 0 aliphatic carbocycles. The zero-order valence-electron chi connectivity index (χ0n) is 18.9. The molecule has 188 valence electrons. The maximum atomic E-state index is 12.7. The third kappa shape index (κ3) is 21.1. The van der Waals surface area contributed by atoms with Gasteiger partial charge in [0.15, 0.2) is 0 Å². The van der Waals surface area contributed by atoms with Gasteiger partial charge in [0.2, 0.25) is 0 Å². The number of hydrogen-bond donors (Lipinski definition) is 0. The van der Waals surface area contributed by atoms with Gasteiger partial charge in [-0.25, -0.2) is 0 Å². The molecule has 0 aliphatic heterocycles. The van der Waals surface area contributed by atoms with Crippen LogP contribution < -0.4 is 0 Å². The third-order valence-corrected chi connectivity index (χ3v) is 8.06. The standard InChI is InChI=1S/C23H42BrF5S2/c24-17-11-7-3-1-4-8-12-18-30-19-13-9-5-2-6-10-14-20-31-21-15-16-22(25,26)23(27,28)29/h1-21H2. The van der Waals surface area contributed by atoms with Gasteiger partial charge < -0.3 is 0 Å². The minimum Gasteiger partial charge on any atom is -0.196 e. The Hall–Kier alpha value is 0.830. The Balaban J connectivity index is 3.16. The lowest BCUT2D eigenvalue weighted by Crippen LogP contribution is -2.36. The molecule has 0 saturated heterocycles. The summed E-state index contributed by atoms with van der Waals surface area (Å²) in [6.45, 7) is 0. The summed E-state index contributed by atoms with van der Waals surface area (Å²) in [7, 11) is 0. The van der Waals surface area contributed by atoms with E-state index < -0.39 is 18.5 Å². The molecule has 0 unspecified atom stereocenters. The maximum Gasteiger partial charge on any atom is 0.453 e. The zero-order chi connectivity index (χ0) is 23.3. The van der Waals surface area contributed by atoms with E-state index in [4.69, 9.17) is 0 Å². The Bertz CT molecular complexity index is 381. The predicted octanol–water partition coefficient (Wildman–Crippen LogP) is 10.3. The quantitative estimate of drug-likeness (QED) is 0.0696. The highest BCUT2D eigenvalue weighted by molar-refractivity contribution is 9.09. The molecule has 31 heavy (non-hydrogen) atoms. The molecule has 8 heteroatoms. The summed E-state index contributed by atoms with van der Waals surface area (Å²) in [5, 5.41) is 1.13. The van der Waals surface area contributed by atoms with E-state index in [0.29, 0.717) is 5.75 Å². The van der Waals surface area contributed by atoms with E-state index in [1.165, 1.54) is 100 Å². The fourth-order valence-electron chi connectivity index (χ4n) is 3.22. The van der Waals surface area contributed by atoms with Crippen LogP contribution in [0.4, 0.5) is 22.0 Å². The molecule has 0 aromatic carbocycles. The molecule has 0 aromatic rings. The van der Waals surface area contributed by atoms with Gasteiger partial charge in [0, 0.05) is 11.8 Å². The van der Waals surface area contributed by atoms with Crippen molar-refractivity contribution in [2.24, 2.45) is 0 Å². The van der Waals surface area contributed by atoms with Crippen LogP contribution in [0.3, 0.4) is 0 Å². The average Bonchev–Trinajstić information content (AvgIpc) is 2.71. The largest absolute Gasteiger partial charge is 0.453 e. The normalized spacial score (nSPS) is 12.6. The van der Waals surface area contributed by atoms with Crippen molar-refractivity contribution < 1.29 is 22.0 Å². The SMILES string of the molecule is FC(F)(F)C(F)(F)CCCSCCCCCCCCCSCCCCCCCCCBr. The van der Waals surface area contributed by atoms with Crippen LogP contribution >= 0.6 is 39.5 Å². The van der Waals surface area contributed by atoms with Gasteiger partial charge >= 0.3 is 12.1 Å². The highest BCUT2D eigenvalue weighted by atomic mass is 79.9. The fraction of sp³-hybridized carbons (Fsp3) is 1.00. The van der Waals surface area contributed by atoms with E-state index in [1.807, 2.05) is 0 Å². The van der Waals surface area contributed by atoms with Crippen molar-refractivity contribution in [2.75, 3.05) is 28.3 Å². The smallest absolute Gasteiger partial charge is 0.196 e. The number of unbranched alkanes of at least 4 members (excludes halogenated alkanes) is 12. The van der Waals surface area contributed by atoms with Gasteiger partial charge in [0.25, 0.3) is 0 Å². The van der Waals surface area contributed by atoms with Crippen molar-refractivity contribution in [3.8, 4) is 0 Å². The highest BCUT2D eigenvalue weighted by Gasteiger charge is 2.56. The molecule has 0 N–H and O–H groups in total. The van der Waals surface area contributed by atoms with E-state index in [2.05, 4.69) is 27.7 Å². The molecule has 0 nitrogen and oxygen atoms in total. The third-order valence-electron chi connectivity index (χ3n) is 5.19. The molecule has 0 rings (SSSR count). The second kappa shape index (κ2) is 21.4. The summed E-state index contributed by atoms with van der Waals surface area (Å²) in [6, 6.07) is 0. The number of thioether (sulfide) groups is 2. The monoisotopic (exact) mass is 556 g/mol. The first-order chi connectivity index (χ1) is 14.8. The van der Waals surface area contributed by atoms with Gasteiger partial charge in [0.1, 0.15) is 0 Å². The van der Waals surface area contributed by atoms with Crippen LogP contribution in [-0.2, 0) is 0 Å². The van der Waals surface area contributed by atoms with Gasteiger partial charge in [-0.3, -0.25) is 0 Å². The lowest BCUT2D eigenvalue weighted by molar-refractivity contribution is -0.284. The van der Waals surface area contributed by atoms with E-state index >= 15 is 0 Å². The predicted molar refractivity (Wildman–Crippen MR) is 133 cm³/mol. The first-order valence-corrected chi connectivity index (χ1v) is 15.4. The number of rotatable bonds is 23. The lowest BCUT2D eigenvalue weighted by atomic mass is 10.1. The maximum absolute atomic E-state index is 12.7. The first kappa shape index (κ1) is 31.8. The highest BCUT2D eigenvalue weighted by Crippen LogP contribution is 2.39. The summed E-state index contributed by atoms with van der Waals surface area (Å²) in [5.74, 6) is -0.744. The van der Waals surface area contributed by atoms with Crippen LogP contribution in [-0.4, -0.2) is 40.4 Å². The van der Waals surface area contributed by atoms with Crippen LogP contribution in [0.15, 0.2) is 0 Å². The van der Waals surface area contributed by atoms with Gasteiger partial charge in [-0.2, -0.15) is 45.5 Å². The molecule has 0 aliphatic rings. The van der Waals surface area contributed by atoms with E-state index in [1.54, 1.807) is 0 Å². The molecular formula is C23H42BrF5S2. The minimum absolute atomic E-state index is 0.0905.